The molecule has 4 rings (SSSR count). The summed E-state index contributed by atoms with van der Waals surface area (Å²) in [5.41, 5.74) is -4.39. The van der Waals surface area contributed by atoms with E-state index in [9.17, 15) is 82.8 Å². The van der Waals surface area contributed by atoms with Crippen molar-refractivity contribution in [2.75, 3.05) is 161 Å². The van der Waals surface area contributed by atoms with E-state index in [2.05, 4.69) is 63.8 Å². The van der Waals surface area contributed by atoms with Crippen LogP contribution >= 0.6 is 0 Å². The number of amides is 12. The van der Waals surface area contributed by atoms with E-state index in [-0.39, 0.29) is 134 Å². The lowest BCUT2D eigenvalue weighted by Crippen LogP contribution is -2.46. The van der Waals surface area contributed by atoms with E-state index >= 15 is 0 Å². The number of benzene rings is 4. The minimum Gasteiger partial charge on any atom is -0.506 e. The number of aliphatic carboxylic acids is 1. The highest BCUT2D eigenvalue weighted by molar-refractivity contribution is 6.11. The maximum Gasteiger partial charge on any atom is 0.305 e. The number of rotatable bonds is 39. The smallest absolute Gasteiger partial charge is 0.305 e. The molecule has 0 aliphatic carbocycles. The lowest BCUT2D eigenvalue weighted by molar-refractivity contribution is -0.136. The number of hydrogen-bond acceptors (Lipinski definition) is 22. The Morgan fingerprint density at radius 1 is 0.299 bits per heavy atom. The van der Waals surface area contributed by atoms with E-state index in [1.54, 1.807) is 9.80 Å². The van der Waals surface area contributed by atoms with Crippen molar-refractivity contribution in [2.45, 2.75) is 6.42 Å². The minimum absolute atomic E-state index is 0.00808. The van der Waals surface area contributed by atoms with Gasteiger partial charge in [0.25, 0.3) is 70.9 Å². The van der Waals surface area contributed by atoms with E-state index in [1.807, 2.05) is 0 Å². The number of carbonyl (C=O) groups excluding carboxylic acids is 12. The molecule has 35 heteroatoms. The maximum absolute atomic E-state index is 14.0. The van der Waals surface area contributed by atoms with Gasteiger partial charge in [-0.05, 0) is 48.5 Å². The van der Waals surface area contributed by atoms with E-state index in [4.69, 9.17) is 19.3 Å². The number of nitrogens with one attached hydrogen (secondary N) is 12. The molecular formula is C62H82N14O21. The van der Waals surface area contributed by atoms with Crippen molar-refractivity contribution >= 4 is 76.9 Å². The second-order valence-electron chi connectivity index (χ2n) is 20.8. The van der Waals surface area contributed by atoms with Crippen molar-refractivity contribution in [1.29, 1.82) is 0 Å². The van der Waals surface area contributed by atoms with Gasteiger partial charge < -0.3 is 104 Å². The van der Waals surface area contributed by atoms with Gasteiger partial charge in [-0.15, -0.1) is 0 Å². The molecule has 0 saturated carbocycles. The topological polar surface area (TPSA) is 502 Å². The average Bonchev–Trinajstić information content (AvgIpc) is 0.833. The Morgan fingerprint density at radius 3 is 0.691 bits per heavy atom. The zero-order chi connectivity index (χ0) is 71.9. The van der Waals surface area contributed by atoms with Gasteiger partial charge in [-0.2, -0.15) is 0 Å². The second-order valence-corrected chi connectivity index (χ2v) is 20.8. The molecule has 0 unspecified atom stereocenters. The summed E-state index contributed by atoms with van der Waals surface area (Å²) in [5, 5.41) is 84.0. The average molecular weight is 1360 g/mol. The summed E-state index contributed by atoms with van der Waals surface area (Å²) in [6.45, 7) is -1.15. The quantitative estimate of drug-likeness (QED) is 0.0197. The number of carbonyl (C=O) groups is 13. The first-order valence-corrected chi connectivity index (χ1v) is 30.1. The molecule has 0 spiro atoms. The van der Waals surface area contributed by atoms with Crippen LogP contribution in [0.2, 0.25) is 0 Å². The molecule has 4 aromatic rings. The van der Waals surface area contributed by atoms with Crippen LogP contribution in [-0.2, 0) is 19.0 Å². The van der Waals surface area contributed by atoms with Gasteiger partial charge in [0.15, 0.2) is 0 Å². The van der Waals surface area contributed by atoms with Crippen LogP contribution in [0.4, 0.5) is 0 Å². The number of methoxy groups -OCH3 is 3. The van der Waals surface area contributed by atoms with Gasteiger partial charge >= 0.3 is 5.97 Å². The van der Waals surface area contributed by atoms with Gasteiger partial charge in [-0.3, -0.25) is 72.1 Å². The van der Waals surface area contributed by atoms with Crippen LogP contribution in [0.25, 0.3) is 0 Å². The van der Waals surface area contributed by atoms with Gasteiger partial charge in [0.1, 0.15) is 23.0 Å². The van der Waals surface area contributed by atoms with Gasteiger partial charge in [0.2, 0.25) is 0 Å². The Bertz CT molecular complexity index is 3460. The Morgan fingerprint density at radius 2 is 0.495 bits per heavy atom. The number of ether oxygens (including phenoxy) is 3. The summed E-state index contributed by atoms with van der Waals surface area (Å²) in [6, 6.07) is 8.49. The van der Waals surface area contributed by atoms with Crippen LogP contribution < -0.4 is 63.8 Å². The van der Waals surface area contributed by atoms with Gasteiger partial charge in [-0.1, -0.05) is 0 Å². The number of carboxylic acid groups (broad SMARTS) is 1. The van der Waals surface area contributed by atoms with Crippen LogP contribution in [0.3, 0.4) is 0 Å². The molecule has 0 radical (unpaired) electrons. The molecule has 526 valence electrons. The zero-order valence-electron chi connectivity index (χ0n) is 54.5. The molecule has 0 atom stereocenters. The number of hydrogen-bond donors (Lipinski definition) is 17. The van der Waals surface area contributed by atoms with E-state index < -0.39 is 151 Å². The molecule has 0 bridgehead atoms. The third kappa shape index (κ3) is 23.2. The number of phenols is 4. The fourth-order valence-electron chi connectivity index (χ4n) is 9.12. The lowest BCUT2D eigenvalue weighted by Gasteiger charge is -2.28. The summed E-state index contributed by atoms with van der Waals surface area (Å²) in [6.07, 6.45) is -0.462. The van der Waals surface area contributed by atoms with Gasteiger partial charge in [0, 0.05) is 163 Å². The molecule has 12 amide bonds. The predicted octanol–water partition coefficient (Wildman–Crippen LogP) is -3.10. The molecule has 35 nitrogen and oxygen atoms in total. The van der Waals surface area contributed by atoms with Crippen molar-refractivity contribution in [3.63, 3.8) is 0 Å². The van der Waals surface area contributed by atoms with Crippen LogP contribution in [0.1, 0.15) is 131 Å². The van der Waals surface area contributed by atoms with Gasteiger partial charge in [-0.25, -0.2) is 0 Å². The summed E-state index contributed by atoms with van der Waals surface area (Å²) in [4.78, 5) is 175. The van der Waals surface area contributed by atoms with Crippen LogP contribution in [0.15, 0.2) is 48.5 Å². The van der Waals surface area contributed by atoms with Crippen LogP contribution in [0.5, 0.6) is 23.0 Å². The van der Waals surface area contributed by atoms with Crippen molar-refractivity contribution in [1.82, 2.24) is 73.6 Å². The molecule has 4 aromatic carbocycles. The van der Waals surface area contributed by atoms with E-state index in [0.29, 0.717) is 0 Å². The summed E-state index contributed by atoms with van der Waals surface area (Å²) < 4.78 is 15.0. The van der Waals surface area contributed by atoms with Crippen molar-refractivity contribution in [3.05, 3.63) is 115 Å². The SMILES string of the molecule is CNC(=O)c1cc(C(=O)NCCOC)cc(C(=O)NCCN(CCNC(=O)c2cc(C(=O)NCCOC)cc(C(=O)NC)c2O)CCN(CCNC(=O)c2cc(C(=O)NCCOC)cc(C(=O)NC)c2O)CCNC(=O)c2cc(C(=O)NCCC(=O)O)cc(C(=O)NC)c2O)c1O. The minimum atomic E-state index is -1.22. The first-order valence-electron chi connectivity index (χ1n) is 30.1. The van der Waals surface area contributed by atoms with Gasteiger partial charge in [0.05, 0.1) is 70.7 Å². The molecular weight excluding hydrogens is 1280 g/mol. The Balaban J connectivity index is 1.75. The third-order valence-electron chi connectivity index (χ3n) is 14.3. The Labute approximate surface area is 556 Å². The summed E-state index contributed by atoms with van der Waals surface area (Å²) in [7, 11) is 9.27. The van der Waals surface area contributed by atoms with Crippen LogP contribution in [0, 0.1) is 0 Å². The van der Waals surface area contributed by atoms with Crippen molar-refractivity contribution < 1.29 is 102 Å². The number of phenolic OH excluding ortho intramolecular Hbond substituents is 4. The van der Waals surface area contributed by atoms with Crippen molar-refractivity contribution in [2.24, 2.45) is 0 Å². The number of aromatic hydroxyl groups is 4. The fraction of sp³-hybridized carbons (Fsp3) is 0.403. The van der Waals surface area contributed by atoms with Crippen molar-refractivity contribution in [3.8, 4) is 23.0 Å². The Hall–Kier alpha value is -11.0. The third-order valence-corrected chi connectivity index (χ3v) is 14.3. The molecule has 0 aromatic heterocycles. The first-order chi connectivity index (χ1) is 46.3. The molecule has 0 aliphatic rings. The molecule has 0 aliphatic heterocycles. The molecule has 0 fully saturated rings. The molecule has 0 saturated heterocycles. The summed E-state index contributed by atoms with van der Waals surface area (Å²) >= 11 is 0. The maximum atomic E-state index is 14.0. The number of nitrogens with zero attached hydrogens (tertiary/aromatic N) is 2. The van der Waals surface area contributed by atoms with Crippen LogP contribution in [-0.4, -0.2) is 273 Å². The highest BCUT2D eigenvalue weighted by atomic mass is 16.5. The normalized spacial score (nSPS) is 10.8. The fourth-order valence-corrected chi connectivity index (χ4v) is 9.12. The molecule has 97 heavy (non-hydrogen) atoms. The van der Waals surface area contributed by atoms with E-state index in [0.717, 1.165) is 48.5 Å². The van der Waals surface area contributed by atoms with E-state index in [1.165, 1.54) is 49.5 Å². The predicted molar refractivity (Wildman–Crippen MR) is 345 cm³/mol. The molecule has 0 heterocycles. The highest BCUT2D eigenvalue weighted by Gasteiger charge is 2.28. The largest absolute Gasteiger partial charge is 0.506 e. The second kappa shape index (κ2) is 39.6. The highest BCUT2D eigenvalue weighted by Crippen LogP contribution is 2.29. The first kappa shape index (κ1) is 78.4. The standard InChI is InChI=1S/C62H82N14O21/c1-63-55(87)38-26-34(51(83)67-9-8-46(77)78)30-42(47(38)79)59(91)68-10-17-75(18-11-69-60(92)43-31-35(52(84)72-14-23-95-5)27-39(48(43)80)56(88)64-2)21-22-76(19-12-70-61(93)44-32-36(53(85)73-15-24-96-6)28-40(49(44)81)57(89)65-3)20-13-71-62(94)45-33-37(54(86)74-16-25-97-7)29-41(50(45)82)58(90)66-4/h26-33,79-82H,8-25H2,1-7H3,(H,63,87)(H,64,88)(H,65,89)(H,66,90)(H,67,83)(H,68,91)(H,69,92)(H,70,93)(H,71,94)(H,72,84)(H,73,85)(H,74,86)(H,77,78). The Kier molecular flexibility index (Phi) is 32.0. The lowest BCUT2D eigenvalue weighted by atomic mass is 10.0. The summed E-state index contributed by atoms with van der Waals surface area (Å²) in [5.74, 6) is -14.5. The number of carboxylic acids is 1. The molecule has 17 N–H and O–H groups in total. The monoisotopic (exact) mass is 1360 g/mol. The zero-order valence-corrected chi connectivity index (χ0v) is 54.5.